The summed E-state index contributed by atoms with van der Waals surface area (Å²) in [4.78, 5) is 12.1. The molecule has 18 heavy (non-hydrogen) atoms. The van der Waals surface area contributed by atoms with Gasteiger partial charge in [0, 0.05) is 11.1 Å². The number of ether oxygens (including phenoxy) is 1. The van der Waals surface area contributed by atoms with E-state index in [1.807, 2.05) is 38.1 Å². The highest BCUT2D eigenvalue weighted by Crippen LogP contribution is 2.54. The van der Waals surface area contributed by atoms with Gasteiger partial charge in [0.05, 0.1) is 6.61 Å². The molecule has 0 aromatic heterocycles. The first-order valence-electron chi connectivity index (χ1n) is 6.64. The molecule has 2 rings (SSSR count). The van der Waals surface area contributed by atoms with Crippen molar-refractivity contribution in [2.24, 2.45) is 11.3 Å². The third kappa shape index (κ3) is 2.50. The Balaban J connectivity index is 1.95. The molecule has 98 valence electrons. The van der Waals surface area contributed by atoms with Gasteiger partial charge in [-0.05, 0) is 43.5 Å². The van der Waals surface area contributed by atoms with Crippen molar-refractivity contribution in [1.82, 2.24) is 0 Å². The molecule has 1 aromatic carbocycles. The number of amides is 1. The molecule has 0 radical (unpaired) electrons. The minimum absolute atomic E-state index is 0.138. The van der Waals surface area contributed by atoms with Crippen LogP contribution in [-0.2, 0) is 4.79 Å². The molecular weight excluding hydrogens is 226 g/mol. The minimum atomic E-state index is -0.159. The first-order valence-corrected chi connectivity index (χ1v) is 6.64. The standard InChI is InChI=1S/C15H21NO2/c1-4-11-10-15(11,3)14(17)16-12-6-8-13(9-7-12)18-5-2/h6-9,11H,4-5,10H2,1-3H3,(H,16,17). The number of hydrogen-bond acceptors (Lipinski definition) is 2. The van der Waals surface area contributed by atoms with Crippen molar-refractivity contribution in [3.8, 4) is 5.75 Å². The van der Waals surface area contributed by atoms with Crippen LogP contribution >= 0.6 is 0 Å². The van der Waals surface area contributed by atoms with Crippen molar-refractivity contribution in [1.29, 1.82) is 0 Å². The molecule has 1 aliphatic carbocycles. The lowest BCUT2D eigenvalue weighted by Crippen LogP contribution is -2.23. The molecule has 3 heteroatoms. The highest BCUT2D eigenvalue weighted by atomic mass is 16.5. The summed E-state index contributed by atoms with van der Waals surface area (Å²) in [6.45, 7) is 6.79. The first-order chi connectivity index (χ1) is 8.60. The Hall–Kier alpha value is -1.51. The van der Waals surface area contributed by atoms with E-state index in [0.717, 1.165) is 24.3 Å². The Morgan fingerprint density at radius 2 is 2.06 bits per heavy atom. The van der Waals surface area contributed by atoms with E-state index in [4.69, 9.17) is 4.74 Å². The molecule has 1 amide bonds. The maximum Gasteiger partial charge on any atom is 0.230 e. The van der Waals surface area contributed by atoms with Gasteiger partial charge in [-0.1, -0.05) is 20.3 Å². The van der Waals surface area contributed by atoms with Gasteiger partial charge in [-0.2, -0.15) is 0 Å². The molecule has 3 nitrogen and oxygen atoms in total. The quantitative estimate of drug-likeness (QED) is 0.865. The SMILES string of the molecule is CCOc1ccc(NC(=O)C2(C)CC2CC)cc1. The van der Waals surface area contributed by atoms with Gasteiger partial charge >= 0.3 is 0 Å². The predicted molar refractivity (Wildman–Crippen MR) is 72.7 cm³/mol. The van der Waals surface area contributed by atoms with Gasteiger partial charge in [-0.15, -0.1) is 0 Å². The molecule has 0 heterocycles. The van der Waals surface area contributed by atoms with Crippen molar-refractivity contribution in [2.45, 2.75) is 33.6 Å². The summed E-state index contributed by atoms with van der Waals surface area (Å²) >= 11 is 0. The van der Waals surface area contributed by atoms with Gasteiger partial charge in [0.2, 0.25) is 5.91 Å². The van der Waals surface area contributed by atoms with E-state index in [-0.39, 0.29) is 11.3 Å². The summed E-state index contributed by atoms with van der Waals surface area (Å²) in [5.74, 6) is 1.51. The Labute approximate surface area is 109 Å². The maximum atomic E-state index is 12.1. The van der Waals surface area contributed by atoms with Crippen LogP contribution in [0.3, 0.4) is 0 Å². The monoisotopic (exact) mass is 247 g/mol. The second-order valence-corrected chi connectivity index (χ2v) is 5.14. The lowest BCUT2D eigenvalue weighted by atomic mass is 10.0. The van der Waals surface area contributed by atoms with Crippen LogP contribution < -0.4 is 10.1 Å². The van der Waals surface area contributed by atoms with Gasteiger partial charge in [-0.25, -0.2) is 0 Å². The van der Waals surface area contributed by atoms with E-state index in [1.165, 1.54) is 0 Å². The molecule has 1 N–H and O–H groups in total. The predicted octanol–water partition coefficient (Wildman–Crippen LogP) is 3.46. The smallest absolute Gasteiger partial charge is 0.230 e. The number of benzene rings is 1. The number of anilines is 1. The molecule has 1 saturated carbocycles. The summed E-state index contributed by atoms with van der Waals surface area (Å²) in [6, 6.07) is 7.53. The normalized spacial score (nSPS) is 25.6. The minimum Gasteiger partial charge on any atom is -0.494 e. The summed E-state index contributed by atoms with van der Waals surface area (Å²) in [6.07, 6.45) is 2.08. The summed E-state index contributed by atoms with van der Waals surface area (Å²) in [7, 11) is 0. The summed E-state index contributed by atoms with van der Waals surface area (Å²) in [5, 5.41) is 2.98. The first kappa shape index (κ1) is 12.9. The number of nitrogens with one attached hydrogen (secondary N) is 1. The van der Waals surface area contributed by atoms with Gasteiger partial charge in [0.1, 0.15) is 5.75 Å². The third-order valence-corrected chi connectivity index (χ3v) is 3.85. The zero-order valence-electron chi connectivity index (χ0n) is 11.3. The van der Waals surface area contributed by atoms with Gasteiger partial charge in [-0.3, -0.25) is 4.79 Å². The van der Waals surface area contributed by atoms with Crippen LogP contribution in [0.1, 0.15) is 33.6 Å². The fourth-order valence-corrected chi connectivity index (χ4v) is 2.40. The van der Waals surface area contributed by atoms with E-state index in [9.17, 15) is 4.79 Å². The average Bonchev–Trinajstić information content (AvgIpc) is 3.05. The Morgan fingerprint density at radius 3 is 2.56 bits per heavy atom. The lowest BCUT2D eigenvalue weighted by Gasteiger charge is -2.12. The molecule has 2 unspecified atom stereocenters. The fourth-order valence-electron chi connectivity index (χ4n) is 2.40. The van der Waals surface area contributed by atoms with E-state index in [2.05, 4.69) is 12.2 Å². The van der Waals surface area contributed by atoms with Crippen molar-refractivity contribution in [3.05, 3.63) is 24.3 Å². The van der Waals surface area contributed by atoms with Gasteiger partial charge < -0.3 is 10.1 Å². The fraction of sp³-hybridized carbons (Fsp3) is 0.533. The van der Waals surface area contributed by atoms with Crippen LogP contribution in [-0.4, -0.2) is 12.5 Å². The Kier molecular flexibility index (Phi) is 3.60. The lowest BCUT2D eigenvalue weighted by molar-refractivity contribution is -0.121. The number of hydrogen-bond donors (Lipinski definition) is 1. The molecule has 0 saturated heterocycles. The molecule has 0 spiro atoms. The van der Waals surface area contributed by atoms with Crippen molar-refractivity contribution in [3.63, 3.8) is 0 Å². The topological polar surface area (TPSA) is 38.3 Å². The Bertz CT molecular complexity index is 427. The molecule has 0 bridgehead atoms. The van der Waals surface area contributed by atoms with Crippen LogP contribution in [0.2, 0.25) is 0 Å². The maximum absolute atomic E-state index is 12.1. The molecule has 1 fully saturated rings. The molecule has 0 aliphatic heterocycles. The van der Waals surface area contributed by atoms with E-state index in [1.54, 1.807) is 0 Å². The van der Waals surface area contributed by atoms with Crippen LogP contribution in [0.5, 0.6) is 5.75 Å². The van der Waals surface area contributed by atoms with E-state index < -0.39 is 0 Å². The number of carbonyl (C=O) groups is 1. The second-order valence-electron chi connectivity index (χ2n) is 5.14. The van der Waals surface area contributed by atoms with Crippen molar-refractivity contribution >= 4 is 11.6 Å². The molecular formula is C15H21NO2. The zero-order valence-corrected chi connectivity index (χ0v) is 11.3. The van der Waals surface area contributed by atoms with Crippen LogP contribution in [0.15, 0.2) is 24.3 Å². The zero-order chi connectivity index (χ0) is 13.2. The third-order valence-electron chi connectivity index (χ3n) is 3.85. The Morgan fingerprint density at radius 1 is 1.39 bits per heavy atom. The van der Waals surface area contributed by atoms with Crippen LogP contribution in [0.25, 0.3) is 0 Å². The van der Waals surface area contributed by atoms with Crippen molar-refractivity contribution < 1.29 is 9.53 Å². The second kappa shape index (κ2) is 5.01. The van der Waals surface area contributed by atoms with Crippen LogP contribution in [0.4, 0.5) is 5.69 Å². The highest BCUT2D eigenvalue weighted by Gasteiger charge is 2.54. The van der Waals surface area contributed by atoms with Gasteiger partial charge in [0.25, 0.3) is 0 Å². The number of rotatable bonds is 5. The molecule has 1 aliphatic rings. The molecule has 2 atom stereocenters. The van der Waals surface area contributed by atoms with Crippen LogP contribution in [0, 0.1) is 11.3 Å². The molecule has 1 aromatic rings. The largest absolute Gasteiger partial charge is 0.494 e. The average molecular weight is 247 g/mol. The van der Waals surface area contributed by atoms with Crippen molar-refractivity contribution in [2.75, 3.05) is 11.9 Å². The van der Waals surface area contributed by atoms with Gasteiger partial charge in [0.15, 0.2) is 0 Å². The highest BCUT2D eigenvalue weighted by molar-refractivity contribution is 5.97. The summed E-state index contributed by atoms with van der Waals surface area (Å²) in [5.41, 5.74) is 0.680. The van der Waals surface area contributed by atoms with E-state index >= 15 is 0 Å². The van der Waals surface area contributed by atoms with E-state index in [0.29, 0.717) is 12.5 Å². The number of carbonyl (C=O) groups excluding carboxylic acids is 1. The summed E-state index contributed by atoms with van der Waals surface area (Å²) < 4.78 is 5.37.